The van der Waals surface area contributed by atoms with E-state index >= 15 is 0 Å². The zero-order valence-corrected chi connectivity index (χ0v) is 8.19. The first-order chi connectivity index (χ1) is 6.68. The van der Waals surface area contributed by atoms with Crippen LogP contribution in [0.5, 0.6) is 0 Å². The number of carboxylic acid groups (broad SMARTS) is 1. The Kier molecular flexibility index (Phi) is 3.98. The molecule has 0 aliphatic carbocycles. The van der Waals surface area contributed by atoms with Gasteiger partial charge in [-0.15, -0.1) is 0 Å². The Morgan fingerprint density at radius 3 is 3.00 bits per heavy atom. The van der Waals surface area contributed by atoms with Gasteiger partial charge in [0.2, 0.25) is 0 Å². The van der Waals surface area contributed by atoms with E-state index in [2.05, 4.69) is 0 Å². The standard InChI is InChI=1S/C11H14O3/c1-9(7-11(12)13)3-2-4-10-5-6-14-8-10/h5-8H,2-4H2,1H3,(H,12,13)/b9-7+. The van der Waals surface area contributed by atoms with Crippen molar-refractivity contribution < 1.29 is 14.3 Å². The number of hydrogen-bond acceptors (Lipinski definition) is 2. The molecule has 76 valence electrons. The van der Waals surface area contributed by atoms with Crippen LogP contribution in [-0.4, -0.2) is 11.1 Å². The highest BCUT2D eigenvalue weighted by Crippen LogP contribution is 2.09. The van der Waals surface area contributed by atoms with Gasteiger partial charge in [-0.1, -0.05) is 5.57 Å². The van der Waals surface area contributed by atoms with Crippen molar-refractivity contribution in [3.05, 3.63) is 35.8 Å². The molecule has 0 aliphatic heterocycles. The molecule has 0 aliphatic rings. The van der Waals surface area contributed by atoms with Crippen molar-refractivity contribution in [2.45, 2.75) is 26.2 Å². The van der Waals surface area contributed by atoms with Gasteiger partial charge in [0.05, 0.1) is 12.5 Å². The Balaban J connectivity index is 2.25. The van der Waals surface area contributed by atoms with E-state index in [0.717, 1.165) is 30.4 Å². The average Bonchev–Trinajstić information content (AvgIpc) is 2.55. The molecule has 0 bridgehead atoms. The third kappa shape index (κ3) is 3.94. The smallest absolute Gasteiger partial charge is 0.328 e. The van der Waals surface area contributed by atoms with Crippen LogP contribution >= 0.6 is 0 Å². The fourth-order valence-electron chi connectivity index (χ4n) is 1.29. The van der Waals surface area contributed by atoms with Crippen LogP contribution < -0.4 is 0 Å². The molecule has 0 amide bonds. The normalized spacial score (nSPS) is 11.6. The highest BCUT2D eigenvalue weighted by molar-refractivity contribution is 5.80. The van der Waals surface area contributed by atoms with Gasteiger partial charge < -0.3 is 9.52 Å². The van der Waals surface area contributed by atoms with Crippen LogP contribution in [0.15, 0.2) is 34.7 Å². The fourth-order valence-corrected chi connectivity index (χ4v) is 1.29. The minimum atomic E-state index is -0.870. The van der Waals surface area contributed by atoms with Crippen LogP contribution in [0.2, 0.25) is 0 Å². The maximum atomic E-state index is 10.3. The van der Waals surface area contributed by atoms with E-state index < -0.39 is 5.97 Å². The number of hydrogen-bond donors (Lipinski definition) is 1. The maximum absolute atomic E-state index is 10.3. The third-order valence-electron chi connectivity index (χ3n) is 1.99. The van der Waals surface area contributed by atoms with Gasteiger partial charge in [-0.25, -0.2) is 4.79 Å². The lowest BCUT2D eigenvalue weighted by molar-refractivity contribution is -0.131. The van der Waals surface area contributed by atoms with Gasteiger partial charge in [0, 0.05) is 6.08 Å². The van der Waals surface area contributed by atoms with E-state index in [9.17, 15) is 4.79 Å². The molecule has 14 heavy (non-hydrogen) atoms. The summed E-state index contributed by atoms with van der Waals surface area (Å²) in [6.45, 7) is 1.84. The highest BCUT2D eigenvalue weighted by atomic mass is 16.4. The summed E-state index contributed by atoms with van der Waals surface area (Å²) in [4.78, 5) is 10.3. The van der Waals surface area contributed by atoms with E-state index in [1.807, 2.05) is 13.0 Å². The van der Waals surface area contributed by atoms with Gasteiger partial charge >= 0.3 is 5.97 Å². The molecular weight excluding hydrogens is 180 g/mol. The second kappa shape index (κ2) is 5.27. The SMILES string of the molecule is C/C(=C\C(=O)O)CCCc1ccoc1. The Hall–Kier alpha value is -1.51. The molecule has 0 saturated heterocycles. The lowest BCUT2D eigenvalue weighted by Crippen LogP contribution is -1.91. The summed E-state index contributed by atoms with van der Waals surface area (Å²) in [5.41, 5.74) is 2.06. The molecule has 0 atom stereocenters. The van der Waals surface area contributed by atoms with Crippen LogP contribution in [0.25, 0.3) is 0 Å². The molecule has 1 heterocycles. The summed E-state index contributed by atoms with van der Waals surface area (Å²) >= 11 is 0. The van der Waals surface area contributed by atoms with Crippen molar-refractivity contribution in [1.82, 2.24) is 0 Å². The van der Waals surface area contributed by atoms with Gasteiger partial charge in [-0.3, -0.25) is 0 Å². The number of carboxylic acids is 1. The van der Waals surface area contributed by atoms with Gasteiger partial charge in [-0.2, -0.15) is 0 Å². The molecule has 0 saturated carbocycles. The van der Waals surface area contributed by atoms with Gasteiger partial charge in [0.1, 0.15) is 0 Å². The second-order valence-corrected chi connectivity index (χ2v) is 3.31. The van der Waals surface area contributed by atoms with Gasteiger partial charge in [0.15, 0.2) is 0 Å². The molecule has 0 unspecified atom stereocenters. The molecular formula is C11H14O3. The molecule has 3 nitrogen and oxygen atoms in total. The Labute approximate surface area is 83.0 Å². The lowest BCUT2D eigenvalue weighted by Gasteiger charge is -1.98. The van der Waals surface area contributed by atoms with Crippen molar-refractivity contribution >= 4 is 5.97 Å². The maximum Gasteiger partial charge on any atom is 0.328 e. The number of aryl methyl sites for hydroxylation is 1. The predicted octanol–water partition coefficient (Wildman–Crippen LogP) is 2.63. The quantitative estimate of drug-likeness (QED) is 0.733. The molecule has 0 aromatic carbocycles. The van der Waals surface area contributed by atoms with Crippen LogP contribution in [0.4, 0.5) is 0 Å². The summed E-state index contributed by atoms with van der Waals surface area (Å²) in [6.07, 6.45) is 7.33. The van der Waals surface area contributed by atoms with Crippen molar-refractivity contribution in [1.29, 1.82) is 0 Å². The molecule has 1 rings (SSSR count). The van der Waals surface area contributed by atoms with Gasteiger partial charge in [-0.05, 0) is 37.8 Å². The van der Waals surface area contributed by atoms with E-state index in [0.29, 0.717) is 0 Å². The van der Waals surface area contributed by atoms with E-state index in [4.69, 9.17) is 9.52 Å². The number of allylic oxidation sites excluding steroid dienone is 1. The van der Waals surface area contributed by atoms with Crippen LogP contribution in [-0.2, 0) is 11.2 Å². The molecule has 1 aromatic rings. The zero-order valence-electron chi connectivity index (χ0n) is 8.19. The Bertz CT molecular complexity index is 309. The average molecular weight is 194 g/mol. The Morgan fingerprint density at radius 1 is 1.64 bits per heavy atom. The molecule has 1 aromatic heterocycles. The van der Waals surface area contributed by atoms with E-state index in [1.54, 1.807) is 12.5 Å². The van der Waals surface area contributed by atoms with Crippen molar-refractivity contribution in [3.8, 4) is 0 Å². The van der Waals surface area contributed by atoms with Crippen LogP contribution in [0.3, 0.4) is 0 Å². The molecule has 3 heteroatoms. The summed E-state index contributed by atoms with van der Waals surface area (Å²) < 4.78 is 4.93. The fraction of sp³-hybridized carbons (Fsp3) is 0.364. The number of furan rings is 1. The number of rotatable bonds is 5. The zero-order chi connectivity index (χ0) is 10.4. The molecule has 0 spiro atoms. The molecule has 0 radical (unpaired) electrons. The molecule has 1 N–H and O–H groups in total. The minimum Gasteiger partial charge on any atom is -0.478 e. The van der Waals surface area contributed by atoms with E-state index in [-0.39, 0.29) is 0 Å². The van der Waals surface area contributed by atoms with Crippen LogP contribution in [0.1, 0.15) is 25.3 Å². The number of carbonyl (C=O) groups is 1. The predicted molar refractivity (Wildman–Crippen MR) is 53.0 cm³/mol. The molecule has 0 fully saturated rings. The van der Waals surface area contributed by atoms with Crippen molar-refractivity contribution in [2.24, 2.45) is 0 Å². The first kappa shape index (κ1) is 10.6. The van der Waals surface area contributed by atoms with Crippen molar-refractivity contribution in [3.63, 3.8) is 0 Å². The summed E-state index contributed by atoms with van der Waals surface area (Å²) in [7, 11) is 0. The Morgan fingerprint density at radius 2 is 2.43 bits per heavy atom. The topological polar surface area (TPSA) is 50.4 Å². The highest BCUT2D eigenvalue weighted by Gasteiger charge is 1.97. The largest absolute Gasteiger partial charge is 0.478 e. The summed E-state index contributed by atoms with van der Waals surface area (Å²) in [5.74, 6) is -0.870. The number of aliphatic carboxylic acids is 1. The first-order valence-electron chi connectivity index (χ1n) is 4.59. The van der Waals surface area contributed by atoms with Gasteiger partial charge in [0.25, 0.3) is 0 Å². The van der Waals surface area contributed by atoms with E-state index in [1.165, 1.54) is 6.08 Å². The second-order valence-electron chi connectivity index (χ2n) is 3.31. The lowest BCUT2D eigenvalue weighted by atomic mass is 10.1. The van der Waals surface area contributed by atoms with Crippen LogP contribution in [0, 0.1) is 0 Å². The minimum absolute atomic E-state index is 0.817. The third-order valence-corrected chi connectivity index (χ3v) is 1.99. The summed E-state index contributed by atoms with van der Waals surface area (Å²) in [5, 5.41) is 8.48. The van der Waals surface area contributed by atoms with Crippen molar-refractivity contribution in [2.75, 3.05) is 0 Å². The summed E-state index contributed by atoms with van der Waals surface area (Å²) in [6, 6.07) is 1.93. The first-order valence-corrected chi connectivity index (χ1v) is 4.59. The monoisotopic (exact) mass is 194 g/mol.